The van der Waals surface area contributed by atoms with Crippen LogP contribution < -0.4 is 4.90 Å². The summed E-state index contributed by atoms with van der Waals surface area (Å²) in [7, 11) is 0. The number of hydrogen-bond acceptors (Lipinski definition) is 4. The van der Waals surface area contributed by atoms with E-state index in [-0.39, 0.29) is 0 Å². The first-order chi connectivity index (χ1) is 26.2. The van der Waals surface area contributed by atoms with Crippen LogP contribution in [0.15, 0.2) is 157 Å². The molecule has 1 aromatic heterocycles. The van der Waals surface area contributed by atoms with Crippen molar-refractivity contribution >= 4 is 28.2 Å². The van der Waals surface area contributed by atoms with Crippen molar-refractivity contribution in [1.82, 2.24) is 4.57 Å². The van der Waals surface area contributed by atoms with E-state index in [0.717, 1.165) is 79.0 Å². The second-order valence-electron chi connectivity index (χ2n) is 13.3. The summed E-state index contributed by atoms with van der Waals surface area (Å²) in [5, 5.41) is 31.4. The van der Waals surface area contributed by atoms with E-state index in [4.69, 9.17) is 0 Å². The SMILES string of the molecule is N#CC1=CCc2c(n(-c3ccc(C#N)c(-c4ccccc4-c4ccccc4N4Cc5cccc(C#N)c5C5=C4CC=CC=C5)c3)c3ccccc23)C=C1. The summed E-state index contributed by atoms with van der Waals surface area (Å²) in [6, 6.07) is 44.5. The number of hydrogen-bond donors (Lipinski definition) is 0. The molecule has 2 aliphatic carbocycles. The second-order valence-corrected chi connectivity index (χ2v) is 13.3. The lowest BCUT2D eigenvalue weighted by molar-refractivity contribution is 0.870. The Morgan fingerprint density at radius 2 is 1.38 bits per heavy atom. The third kappa shape index (κ3) is 5.22. The molecule has 3 aliphatic rings. The third-order valence-corrected chi connectivity index (χ3v) is 10.5. The first-order valence-electron chi connectivity index (χ1n) is 17.7. The lowest BCUT2D eigenvalue weighted by atomic mass is 9.87. The third-order valence-electron chi connectivity index (χ3n) is 10.5. The molecule has 5 heteroatoms. The molecule has 9 rings (SSSR count). The Morgan fingerprint density at radius 3 is 2.21 bits per heavy atom. The van der Waals surface area contributed by atoms with E-state index in [2.05, 4.69) is 131 Å². The topological polar surface area (TPSA) is 79.5 Å². The van der Waals surface area contributed by atoms with Crippen LogP contribution in [0.4, 0.5) is 5.69 Å². The van der Waals surface area contributed by atoms with Gasteiger partial charge in [-0.25, -0.2) is 0 Å². The van der Waals surface area contributed by atoms with Gasteiger partial charge >= 0.3 is 0 Å². The molecule has 6 aromatic rings. The highest BCUT2D eigenvalue weighted by molar-refractivity contribution is 5.96. The van der Waals surface area contributed by atoms with Gasteiger partial charge in [0, 0.05) is 63.3 Å². The van der Waals surface area contributed by atoms with Crippen LogP contribution in [-0.4, -0.2) is 4.57 Å². The van der Waals surface area contributed by atoms with Crippen molar-refractivity contribution in [2.75, 3.05) is 4.90 Å². The minimum Gasteiger partial charge on any atom is -0.339 e. The maximum atomic E-state index is 10.5. The Labute approximate surface area is 308 Å². The minimum atomic E-state index is 0.588. The number of fused-ring (bicyclic) bond motifs is 5. The monoisotopic (exact) mass is 677 g/mol. The molecule has 5 aromatic carbocycles. The average Bonchev–Trinajstić information content (AvgIpc) is 3.38. The molecule has 53 heavy (non-hydrogen) atoms. The zero-order chi connectivity index (χ0) is 35.9. The van der Waals surface area contributed by atoms with Crippen LogP contribution in [0.1, 0.15) is 39.9 Å². The summed E-state index contributed by atoms with van der Waals surface area (Å²) >= 11 is 0. The molecule has 0 spiro atoms. The number of para-hydroxylation sites is 2. The second kappa shape index (κ2) is 13.1. The molecule has 0 fully saturated rings. The van der Waals surface area contributed by atoms with Crippen molar-refractivity contribution in [1.29, 1.82) is 15.8 Å². The van der Waals surface area contributed by atoms with E-state index >= 15 is 0 Å². The standard InChI is InChI=1S/C48H31N5/c49-28-32-21-25-41-40-16-7-9-20-46(40)53(47(41)26-22-32)36-24-23-33(29-50)43(27-36)38-14-5-4-13-37(38)39-15-6-8-19-44(39)52-31-35-12-10-11-34(30-51)48(35)42-17-2-1-3-18-45(42)52/h1-17,19-24,26-27H,18,25,31H2. The van der Waals surface area contributed by atoms with Crippen LogP contribution in [0.2, 0.25) is 0 Å². The van der Waals surface area contributed by atoms with Crippen molar-refractivity contribution < 1.29 is 0 Å². The molecular formula is C48H31N5. The van der Waals surface area contributed by atoms with E-state index in [0.29, 0.717) is 29.7 Å². The van der Waals surface area contributed by atoms with Crippen LogP contribution in [0.5, 0.6) is 0 Å². The fraction of sp³-hybridized carbons (Fsp3) is 0.0625. The van der Waals surface area contributed by atoms with E-state index in [1.807, 2.05) is 48.6 Å². The normalized spacial score (nSPS) is 14.3. The summed E-state index contributed by atoms with van der Waals surface area (Å²) in [5.74, 6) is 0. The minimum absolute atomic E-state index is 0.588. The largest absolute Gasteiger partial charge is 0.339 e. The Bertz CT molecular complexity index is 2800. The molecule has 248 valence electrons. The molecule has 1 aliphatic heterocycles. The van der Waals surface area contributed by atoms with E-state index in [1.54, 1.807) is 0 Å². The Morgan fingerprint density at radius 1 is 0.604 bits per heavy atom. The Balaban J connectivity index is 1.22. The molecule has 0 amide bonds. The van der Waals surface area contributed by atoms with Crippen LogP contribution >= 0.6 is 0 Å². The number of allylic oxidation sites excluding steroid dienone is 8. The predicted octanol–water partition coefficient (Wildman–Crippen LogP) is 11.0. The maximum absolute atomic E-state index is 10.5. The van der Waals surface area contributed by atoms with Gasteiger partial charge in [0.1, 0.15) is 0 Å². The number of nitrogens with zero attached hydrogens (tertiary/aromatic N) is 5. The fourth-order valence-corrected chi connectivity index (χ4v) is 8.15. The quantitative estimate of drug-likeness (QED) is 0.186. The van der Waals surface area contributed by atoms with E-state index in [1.165, 1.54) is 5.56 Å². The van der Waals surface area contributed by atoms with Gasteiger partial charge in [0.2, 0.25) is 0 Å². The van der Waals surface area contributed by atoms with E-state index in [9.17, 15) is 15.8 Å². The number of benzene rings is 5. The van der Waals surface area contributed by atoms with Gasteiger partial charge in [0.25, 0.3) is 0 Å². The average molecular weight is 678 g/mol. The first-order valence-corrected chi connectivity index (χ1v) is 17.7. The van der Waals surface area contributed by atoms with Crippen LogP contribution in [0.3, 0.4) is 0 Å². The molecule has 0 bridgehead atoms. The lowest BCUT2D eigenvalue weighted by Gasteiger charge is -2.36. The highest BCUT2D eigenvalue weighted by Gasteiger charge is 2.29. The van der Waals surface area contributed by atoms with Crippen molar-refractivity contribution in [3.05, 3.63) is 190 Å². The zero-order valence-electron chi connectivity index (χ0n) is 28.8. The maximum Gasteiger partial charge on any atom is 0.0998 e. The van der Waals surface area contributed by atoms with E-state index < -0.39 is 0 Å². The van der Waals surface area contributed by atoms with Gasteiger partial charge in [0.05, 0.1) is 40.5 Å². The molecular weight excluding hydrogens is 647 g/mol. The molecule has 0 N–H and O–H groups in total. The van der Waals surface area contributed by atoms with Gasteiger partial charge in [-0.15, -0.1) is 0 Å². The van der Waals surface area contributed by atoms with Gasteiger partial charge in [-0.1, -0.05) is 103 Å². The van der Waals surface area contributed by atoms with Crippen LogP contribution in [-0.2, 0) is 13.0 Å². The number of nitriles is 3. The summed E-state index contributed by atoms with van der Waals surface area (Å²) in [6.45, 7) is 0.630. The number of aromatic nitrogens is 1. The molecule has 0 unspecified atom stereocenters. The summed E-state index contributed by atoms with van der Waals surface area (Å²) in [5.41, 5.74) is 15.4. The molecule has 0 saturated carbocycles. The van der Waals surface area contributed by atoms with Gasteiger partial charge in [0.15, 0.2) is 0 Å². The molecule has 0 radical (unpaired) electrons. The van der Waals surface area contributed by atoms with Gasteiger partial charge in [-0.05, 0) is 77.2 Å². The van der Waals surface area contributed by atoms with Gasteiger partial charge in [-0.2, -0.15) is 15.8 Å². The molecule has 2 heterocycles. The summed E-state index contributed by atoms with van der Waals surface area (Å²) in [6.07, 6.45) is 15.7. The van der Waals surface area contributed by atoms with Crippen molar-refractivity contribution in [2.45, 2.75) is 19.4 Å². The van der Waals surface area contributed by atoms with Crippen LogP contribution in [0.25, 0.3) is 50.5 Å². The number of rotatable bonds is 4. The first kappa shape index (κ1) is 31.6. The number of anilines is 1. The summed E-state index contributed by atoms with van der Waals surface area (Å²) in [4.78, 5) is 2.39. The molecule has 5 nitrogen and oxygen atoms in total. The fourth-order valence-electron chi connectivity index (χ4n) is 8.15. The Kier molecular flexibility index (Phi) is 7.78. The molecule has 0 atom stereocenters. The highest BCUT2D eigenvalue weighted by atomic mass is 15.2. The van der Waals surface area contributed by atoms with Gasteiger partial charge in [-0.3, -0.25) is 0 Å². The van der Waals surface area contributed by atoms with Crippen molar-refractivity contribution in [3.8, 4) is 46.1 Å². The Hall–Kier alpha value is -7.39. The summed E-state index contributed by atoms with van der Waals surface area (Å²) < 4.78 is 2.25. The molecule has 0 saturated heterocycles. The smallest absolute Gasteiger partial charge is 0.0998 e. The van der Waals surface area contributed by atoms with Crippen molar-refractivity contribution in [3.63, 3.8) is 0 Å². The van der Waals surface area contributed by atoms with Crippen LogP contribution in [0, 0.1) is 34.0 Å². The van der Waals surface area contributed by atoms with Gasteiger partial charge < -0.3 is 9.47 Å². The lowest BCUT2D eigenvalue weighted by Crippen LogP contribution is -2.28. The predicted molar refractivity (Wildman–Crippen MR) is 212 cm³/mol. The zero-order valence-corrected chi connectivity index (χ0v) is 28.8. The highest BCUT2D eigenvalue weighted by Crippen LogP contribution is 2.45. The van der Waals surface area contributed by atoms with Crippen molar-refractivity contribution in [2.24, 2.45) is 0 Å².